The molecule has 0 spiro atoms. The average molecular weight is 326 g/mol. The van der Waals surface area contributed by atoms with E-state index in [0.29, 0.717) is 12.8 Å². The van der Waals surface area contributed by atoms with Crippen molar-refractivity contribution in [2.45, 2.75) is 71.2 Å². The highest BCUT2D eigenvalue weighted by atomic mass is 17.2. The normalized spacial score (nSPS) is 29.1. The van der Waals surface area contributed by atoms with Gasteiger partial charge in [-0.1, -0.05) is 37.6 Å². The first-order valence-corrected chi connectivity index (χ1v) is 8.37. The number of carbonyl (C=O) groups is 1. The molecule has 1 saturated heterocycles. The Morgan fingerprint density at radius 2 is 2.22 bits per heavy atom. The third-order valence-corrected chi connectivity index (χ3v) is 4.17. The van der Waals surface area contributed by atoms with E-state index in [-0.39, 0.29) is 12.3 Å². The predicted octanol–water partition coefficient (Wildman–Crippen LogP) is 4.24. The highest BCUT2D eigenvalue weighted by Crippen LogP contribution is 2.36. The van der Waals surface area contributed by atoms with Gasteiger partial charge in [-0.15, -0.1) is 0 Å². The summed E-state index contributed by atoms with van der Waals surface area (Å²) in [7, 11) is 1.61. The van der Waals surface area contributed by atoms with Crippen molar-refractivity contribution < 1.29 is 24.4 Å². The van der Waals surface area contributed by atoms with Crippen molar-refractivity contribution in [3.05, 3.63) is 23.8 Å². The lowest BCUT2D eigenvalue weighted by Gasteiger charge is -2.40. The minimum absolute atomic E-state index is 0.0489. The molecule has 0 radical (unpaired) electrons. The van der Waals surface area contributed by atoms with Crippen LogP contribution in [0.4, 0.5) is 0 Å². The molecule has 132 valence electrons. The lowest BCUT2D eigenvalue weighted by Crippen LogP contribution is -2.46. The molecule has 1 heterocycles. The highest BCUT2D eigenvalue weighted by molar-refractivity contribution is 5.67. The maximum atomic E-state index is 10.8. The molecule has 5 heteroatoms. The number of carboxylic acids is 1. The first kappa shape index (κ1) is 19.9. The zero-order chi connectivity index (χ0) is 17.3. The molecule has 1 fully saturated rings. The molecule has 0 bridgehead atoms. The largest absolute Gasteiger partial charge is 0.481 e. The quantitative estimate of drug-likeness (QED) is 0.390. The first-order chi connectivity index (χ1) is 10.9. The summed E-state index contributed by atoms with van der Waals surface area (Å²) in [5, 5.41) is 8.88. The molecule has 23 heavy (non-hydrogen) atoms. The lowest BCUT2D eigenvalue weighted by atomic mass is 9.90. The molecule has 0 saturated carbocycles. The van der Waals surface area contributed by atoms with Crippen LogP contribution >= 0.6 is 0 Å². The summed E-state index contributed by atoms with van der Waals surface area (Å²) in [4.78, 5) is 21.6. The van der Waals surface area contributed by atoms with Gasteiger partial charge in [0.25, 0.3) is 0 Å². The van der Waals surface area contributed by atoms with Crippen LogP contribution in [0.3, 0.4) is 0 Å². The molecule has 3 unspecified atom stereocenters. The first-order valence-electron chi connectivity index (χ1n) is 8.37. The maximum Gasteiger partial charge on any atom is 0.306 e. The number of carboxylic acid groups (broad SMARTS) is 1. The van der Waals surface area contributed by atoms with Gasteiger partial charge in [-0.05, 0) is 32.1 Å². The van der Waals surface area contributed by atoms with E-state index in [0.717, 1.165) is 19.3 Å². The van der Waals surface area contributed by atoms with E-state index in [1.165, 1.54) is 5.57 Å². The second-order valence-corrected chi connectivity index (χ2v) is 6.26. The van der Waals surface area contributed by atoms with Gasteiger partial charge < -0.3 is 9.84 Å². The number of unbranched alkanes of at least 4 members (excludes halogenated alkanes) is 1. The maximum absolute atomic E-state index is 10.8. The summed E-state index contributed by atoms with van der Waals surface area (Å²) in [6.07, 6.45) is 10.3. The number of methoxy groups -OCH3 is 1. The van der Waals surface area contributed by atoms with Crippen LogP contribution < -0.4 is 0 Å². The van der Waals surface area contributed by atoms with Crippen LogP contribution in [0.25, 0.3) is 0 Å². The molecule has 3 atom stereocenters. The Labute approximate surface area is 139 Å². The SMILES string of the molecule is CCC=C(C)C=CCCCC1(OC)CC(C)C(CC(=O)O)OO1. The van der Waals surface area contributed by atoms with E-state index in [2.05, 4.69) is 32.1 Å². The van der Waals surface area contributed by atoms with Gasteiger partial charge in [-0.3, -0.25) is 4.79 Å². The van der Waals surface area contributed by atoms with Crippen molar-refractivity contribution in [3.63, 3.8) is 0 Å². The van der Waals surface area contributed by atoms with Crippen LogP contribution in [0.1, 0.15) is 59.3 Å². The molecule has 1 aliphatic heterocycles. The van der Waals surface area contributed by atoms with Crippen molar-refractivity contribution in [2.75, 3.05) is 7.11 Å². The molecule has 0 aromatic heterocycles. The Morgan fingerprint density at radius 3 is 2.78 bits per heavy atom. The molecule has 1 N–H and O–H groups in total. The predicted molar refractivity (Wildman–Crippen MR) is 88.8 cm³/mol. The Bertz CT molecular complexity index is 429. The number of allylic oxidation sites excluding steroid dienone is 4. The summed E-state index contributed by atoms with van der Waals surface area (Å²) in [6, 6.07) is 0. The molecular weight excluding hydrogens is 296 g/mol. The Morgan fingerprint density at radius 1 is 1.48 bits per heavy atom. The number of rotatable bonds is 9. The minimum Gasteiger partial charge on any atom is -0.481 e. The fraction of sp³-hybridized carbons (Fsp3) is 0.722. The average Bonchev–Trinajstić information content (AvgIpc) is 2.49. The van der Waals surface area contributed by atoms with E-state index in [1.54, 1.807) is 7.11 Å². The number of hydrogen-bond acceptors (Lipinski definition) is 4. The number of ether oxygens (including phenoxy) is 1. The van der Waals surface area contributed by atoms with Crippen LogP contribution in [-0.2, 0) is 19.3 Å². The molecule has 0 aliphatic carbocycles. The van der Waals surface area contributed by atoms with Crippen molar-refractivity contribution in [1.29, 1.82) is 0 Å². The zero-order valence-corrected chi connectivity index (χ0v) is 14.7. The third-order valence-electron chi connectivity index (χ3n) is 4.17. The van der Waals surface area contributed by atoms with E-state index in [1.807, 2.05) is 6.92 Å². The molecule has 0 amide bonds. The van der Waals surface area contributed by atoms with Gasteiger partial charge in [0.1, 0.15) is 6.10 Å². The Hall–Kier alpha value is -1.17. The van der Waals surface area contributed by atoms with Crippen molar-refractivity contribution >= 4 is 5.97 Å². The van der Waals surface area contributed by atoms with Crippen LogP contribution in [0.5, 0.6) is 0 Å². The van der Waals surface area contributed by atoms with Crippen LogP contribution in [0.15, 0.2) is 23.8 Å². The molecule has 0 aromatic rings. The molecule has 1 aliphatic rings. The Kier molecular flexibility index (Phi) is 8.52. The second kappa shape index (κ2) is 9.85. The van der Waals surface area contributed by atoms with Gasteiger partial charge in [0.2, 0.25) is 5.79 Å². The summed E-state index contributed by atoms with van der Waals surface area (Å²) in [5.74, 6) is -1.57. The van der Waals surface area contributed by atoms with Crippen LogP contribution in [-0.4, -0.2) is 30.1 Å². The van der Waals surface area contributed by atoms with Crippen LogP contribution in [0.2, 0.25) is 0 Å². The topological polar surface area (TPSA) is 65.0 Å². The smallest absolute Gasteiger partial charge is 0.306 e. The number of aliphatic carboxylic acids is 1. The summed E-state index contributed by atoms with van der Waals surface area (Å²) in [5.41, 5.74) is 1.27. The van der Waals surface area contributed by atoms with Crippen molar-refractivity contribution in [3.8, 4) is 0 Å². The van der Waals surface area contributed by atoms with Crippen molar-refractivity contribution in [2.24, 2.45) is 5.92 Å². The van der Waals surface area contributed by atoms with E-state index >= 15 is 0 Å². The van der Waals surface area contributed by atoms with Gasteiger partial charge in [-0.2, -0.15) is 0 Å². The van der Waals surface area contributed by atoms with Gasteiger partial charge in [-0.25, -0.2) is 9.78 Å². The summed E-state index contributed by atoms with van der Waals surface area (Å²) < 4.78 is 5.54. The van der Waals surface area contributed by atoms with E-state index in [9.17, 15) is 4.79 Å². The fourth-order valence-electron chi connectivity index (χ4n) is 2.82. The molecular formula is C18H30O5. The zero-order valence-electron chi connectivity index (χ0n) is 14.7. The summed E-state index contributed by atoms with van der Waals surface area (Å²) >= 11 is 0. The fourth-order valence-corrected chi connectivity index (χ4v) is 2.82. The lowest BCUT2D eigenvalue weighted by molar-refractivity contribution is -0.475. The van der Waals surface area contributed by atoms with E-state index < -0.39 is 17.9 Å². The number of hydrogen-bond donors (Lipinski definition) is 1. The highest BCUT2D eigenvalue weighted by Gasteiger charge is 2.42. The molecule has 1 rings (SSSR count). The van der Waals surface area contributed by atoms with Gasteiger partial charge >= 0.3 is 5.97 Å². The Balaban J connectivity index is 2.44. The van der Waals surface area contributed by atoms with Gasteiger partial charge in [0.05, 0.1) is 6.42 Å². The third kappa shape index (κ3) is 6.85. The standard InChI is InChI=1S/C18H30O5/c1-5-9-14(2)10-7-6-8-11-18(21-4)13-15(3)16(22-23-18)12-17(19)20/h7,9-10,15-16H,5-6,8,11-13H2,1-4H3,(H,19,20). The van der Waals surface area contributed by atoms with Gasteiger partial charge in [0, 0.05) is 20.0 Å². The van der Waals surface area contributed by atoms with Crippen molar-refractivity contribution in [1.82, 2.24) is 0 Å². The minimum atomic E-state index is -0.879. The molecule has 0 aromatic carbocycles. The summed E-state index contributed by atoms with van der Waals surface area (Å²) in [6.45, 7) is 6.20. The second-order valence-electron chi connectivity index (χ2n) is 6.26. The van der Waals surface area contributed by atoms with Crippen LogP contribution in [0, 0.1) is 5.92 Å². The van der Waals surface area contributed by atoms with Gasteiger partial charge in [0.15, 0.2) is 0 Å². The van der Waals surface area contributed by atoms with E-state index in [4.69, 9.17) is 19.6 Å². The monoisotopic (exact) mass is 326 g/mol. The molecule has 5 nitrogen and oxygen atoms in total.